The number of nitro benzene ring substituents is 1. The Morgan fingerprint density at radius 3 is 2.50 bits per heavy atom. The molecule has 1 aromatic carbocycles. The number of nitrogens with one attached hydrogen (secondary N) is 1. The summed E-state index contributed by atoms with van der Waals surface area (Å²) >= 11 is 3.11. The Morgan fingerprint density at radius 2 is 1.91 bits per heavy atom. The zero-order valence-corrected chi connectivity index (χ0v) is 13.5. The van der Waals surface area contributed by atoms with Crippen molar-refractivity contribution in [3.05, 3.63) is 50.5 Å². The van der Waals surface area contributed by atoms with Crippen LogP contribution in [0, 0.1) is 24.0 Å². The minimum Gasteiger partial charge on any atom is -0.332 e. The first-order chi connectivity index (χ1) is 10.5. The molecule has 0 fully saturated rings. The number of rotatable bonds is 4. The van der Waals surface area contributed by atoms with E-state index in [2.05, 4.69) is 15.3 Å². The number of hydrogen-bond donors (Lipinski definition) is 1. The van der Waals surface area contributed by atoms with Crippen molar-refractivity contribution in [3.8, 4) is 10.6 Å². The number of non-ortho nitro benzene ring substituents is 1. The van der Waals surface area contributed by atoms with Crippen molar-refractivity contribution in [2.45, 2.75) is 13.8 Å². The van der Waals surface area contributed by atoms with E-state index in [-0.39, 0.29) is 5.69 Å². The second-order valence-corrected chi connectivity index (χ2v) is 6.68. The molecule has 0 saturated heterocycles. The fraction of sp³-hybridized carbons (Fsp3) is 0.143. The number of aryl methyl sites for hydroxylation is 2. The monoisotopic (exact) mass is 332 g/mol. The van der Waals surface area contributed by atoms with Crippen molar-refractivity contribution in [2.24, 2.45) is 0 Å². The average Bonchev–Trinajstić information content (AvgIpc) is 3.06. The summed E-state index contributed by atoms with van der Waals surface area (Å²) in [6, 6.07) is 6.27. The lowest BCUT2D eigenvalue weighted by molar-refractivity contribution is -0.384. The molecule has 6 nitrogen and oxygen atoms in total. The normalized spacial score (nSPS) is 10.6. The summed E-state index contributed by atoms with van der Waals surface area (Å²) in [7, 11) is 0. The lowest BCUT2D eigenvalue weighted by Crippen LogP contribution is -1.91. The Hall–Kier alpha value is -2.32. The van der Waals surface area contributed by atoms with Crippen molar-refractivity contribution in [1.82, 2.24) is 9.97 Å². The third-order valence-corrected chi connectivity index (χ3v) is 4.82. The second kappa shape index (κ2) is 5.82. The van der Waals surface area contributed by atoms with E-state index in [1.54, 1.807) is 23.5 Å². The van der Waals surface area contributed by atoms with Gasteiger partial charge in [0.15, 0.2) is 5.13 Å². The van der Waals surface area contributed by atoms with Gasteiger partial charge in [-0.15, -0.1) is 22.7 Å². The van der Waals surface area contributed by atoms with Crippen molar-refractivity contribution in [2.75, 3.05) is 5.32 Å². The maximum absolute atomic E-state index is 10.6. The van der Waals surface area contributed by atoms with Crippen LogP contribution in [0.25, 0.3) is 10.6 Å². The number of thiazole rings is 2. The first kappa shape index (κ1) is 14.6. The molecule has 0 amide bonds. The van der Waals surface area contributed by atoms with Gasteiger partial charge >= 0.3 is 0 Å². The van der Waals surface area contributed by atoms with E-state index < -0.39 is 4.92 Å². The Balaban J connectivity index is 1.79. The van der Waals surface area contributed by atoms with Gasteiger partial charge in [-0.3, -0.25) is 10.1 Å². The van der Waals surface area contributed by atoms with Crippen LogP contribution in [0.15, 0.2) is 29.6 Å². The van der Waals surface area contributed by atoms with Crippen LogP contribution in [0.2, 0.25) is 0 Å². The molecule has 8 heteroatoms. The summed E-state index contributed by atoms with van der Waals surface area (Å²) in [4.78, 5) is 20.3. The van der Waals surface area contributed by atoms with Crippen LogP contribution in [-0.2, 0) is 0 Å². The Morgan fingerprint density at radius 1 is 1.18 bits per heavy atom. The standard InChI is InChI=1S/C14H12N4O2S2/c1-8-13(22-9(2)15-8)12-7-21-14(17-12)16-10-3-5-11(6-4-10)18(19)20/h3-7H,1-2H3,(H,16,17). The van der Waals surface area contributed by atoms with E-state index in [9.17, 15) is 10.1 Å². The quantitative estimate of drug-likeness (QED) is 0.560. The molecule has 0 unspecified atom stereocenters. The lowest BCUT2D eigenvalue weighted by Gasteiger charge is -2.01. The highest BCUT2D eigenvalue weighted by molar-refractivity contribution is 7.16. The van der Waals surface area contributed by atoms with E-state index >= 15 is 0 Å². The van der Waals surface area contributed by atoms with Gasteiger partial charge < -0.3 is 5.32 Å². The van der Waals surface area contributed by atoms with E-state index in [1.807, 2.05) is 19.2 Å². The smallest absolute Gasteiger partial charge is 0.269 e. The Labute approximate surface area is 134 Å². The maximum Gasteiger partial charge on any atom is 0.269 e. The molecule has 0 bridgehead atoms. The summed E-state index contributed by atoms with van der Waals surface area (Å²) in [5, 5.41) is 17.5. The van der Waals surface area contributed by atoms with Crippen LogP contribution in [0.1, 0.15) is 10.7 Å². The number of nitrogens with zero attached hydrogens (tertiary/aromatic N) is 3. The maximum atomic E-state index is 10.6. The summed E-state index contributed by atoms with van der Waals surface area (Å²) in [5.74, 6) is 0. The topological polar surface area (TPSA) is 81.0 Å². The molecule has 3 rings (SSSR count). The van der Waals surface area contributed by atoms with Gasteiger partial charge in [-0.05, 0) is 26.0 Å². The highest BCUT2D eigenvalue weighted by atomic mass is 32.1. The summed E-state index contributed by atoms with van der Waals surface area (Å²) in [5.41, 5.74) is 2.72. The fourth-order valence-electron chi connectivity index (χ4n) is 1.99. The molecule has 0 spiro atoms. The molecule has 0 saturated carbocycles. The van der Waals surface area contributed by atoms with Crippen molar-refractivity contribution in [1.29, 1.82) is 0 Å². The van der Waals surface area contributed by atoms with Crippen LogP contribution in [0.4, 0.5) is 16.5 Å². The van der Waals surface area contributed by atoms with Crippen LogP contribution in [0.3, 0.4) is 0 Å². The summed E-state index contributed by atoms with van der Waals surface area (Å²) in [6.07, 6.45) is 0. The highest BCUT2D eigenvalue weighted by Gasteiger charge is 2.12. The number of nitro groups is 1. The van der Waals surface area contributed by atoms with Crippen LogP contribution in [-0.4, -0.2) is 14.9 Å². The Bertz CT molecular complexity index is 824. The molecule has 2 aromatic heterocycles. The van der Waals surface area contributed by atoms with Crippen LogP contribution in [0.5, 0.6) is 0 Å². The van der Waals surface area contributed by atoms with E-state index in [4.69, 9.17) is 0 Å². The molecular weight excluding hydrogens is 320 g/mol. The van der Waals surface area contributed by atoms with E-state index in [0.29, 0.717) is 0 Å². The van der Waals surface area contributed by atoms with Gasteiger partial charge in [-0.2, -0.15) is 0 Å². The molecular formula is C14H12N4O2S2. The Kier molecular flexibility index (Phi) is 3.86. The van der Waals surface area contributed by atoms with Crippen LogP contribution < -0.4 is 5.32 Å². The third-order valence-electron chi connectivity index (χ3n) is 2.97. The minimum absolute atomic E-state index is 0.0705. The first-order valence-corrected chi connectivity index (χ1v) is 8.14. The summed E-state index contributed by atoms with van der Waals surface area (Å²) < 4.78 is 0. The number of anilines is 2. The highest BCUT2D eigenvalue weighted by Crippen LogP contribution is 2.33. The van der Waals surface area contributed by atoms with Gasteiger partial charge in [0.05, 0.1) is 26.2 Å². The van der Waals surface area contributed by atoms with Gasteiger partial charge in [-0.1, -0.05) is 0 Å². The number of hydrogen-bond acceptors (Lipinski definition) is 7. The summed E-state index contributed by atoms with van der Waals surface area (Å²) in [6.45, 7) is 3.95. The molecule has 0 aliphatic heterocycles. The van der Waals surface area contributed by atoms with E-state index in [1.165, 1.54) is 23.5 Å². The minimum atomic E-state index is -0.416. The molecule has 0 radical (unpaired) electrons. The number of aromatic nitrogens is 2. The zero-order valence-electron chi connectivity index (χ0n) is 11.9. The number of benzene rings is 1. The molecule has 112 valence electrons. The molecule has 2 heterocycles. The van der Waals surface area contributed by atoms with Crippen molar-refractivity contribution in [3.63, 3.8) is 0 Å². The van der Waals surface area contributed by atoms with Crippen molar-refractivity contribution >= 4 is 39.2 Å². The fourth-order valence-corrected chi connectivity index (χ4v) is 3.67. The SMILES string of the molecule is Cc1nc(C)c(-c2csc(Nc3ccc([N+](=O)[O-])cc3)n2)s1. The van der Waals surface area contributed by atoms with Gasteiger partial charge in [0.2, 0.25) is 0 Å². The average molecular weight is 332 g/mol. The third kappa shape index (κ3) is 2.97. The molecule has 22 heavy (non-hydrogen) atoms. The zero-order chi connectivity index (χ0) is 15.7. The van der Waals surface area contributed by atoms with Gasteiger partial charge in [0.25, 0.3) is 5.69 Å². The largest absolute Gasteiger partial charge is 0.332 e. The predicted octanol–water partition coefficient (Wildman–Crippen LogP) is 4.54. The molecule has 0 atom stereocenters. The first-order valence-electron chi connectivity index (χ1n) is 6.44. The van der Waals surface area contributed by atoms with Gasteiger partial charge in [0, 0.05) is 23.2 Å². The van der Waals surface area contributed by atoms with Crippen LogP contribution >= 0.6 is 22.7 Å². The predicted molar refractivity (Wildman–Crippen MR) is 89.1 cm³/mol. The van der Waals surface area contributed by atoms with Gasteiger partial charge in [-0.25, -0.2) is 9.97 Å². The van der Waals surface area contributed by atoms with E-state index in [0.717, 1.165) is 32.1 Å². The van der Waals surface area contributed by atoms with Crippen molar-refractivity contribution < 1.29 is 4.92 Å². The molecule has 0 aliphatic rings. The van der Waals surface area contributed by atoms with Gasteiger partial charge in [0.1, 0.15) is 0 Å². The molecule has 1 N–H and O–H groups in total. The molecule has 3 aromatic rings. The molecule has 0 aliphatic carbocycles. The lowest BCUT2D eigenvalue weighted by atomic mass is 10.3. The second-order valence-electron chi connectivity index (χ2n) is 4.61.